The van der Waals surface area contributed by atoms with Crippen LogP contribution in [-0.2, 0) is 0 Å². The van der Waals surface area contributed by atoms with Gasteiger partial charge in [0, 0.05) is 17.7 Å². The first kappa shape index (κ1) is 14.3. The van der Waals surface area contributed by atoms with Crippen LogP contribution in [0.1, 0.15) is 5.56 Å². The van der Waals surface area contributed by atoms with E-state index in [1.807, 2.05) is 0 Å². The van der Waals surface area contributed by atoms with E-state index < -0.39 is 23.3 Å². The molecule has 104 valence electrons. The Labute approximate surface area is 117 Å². The van der Waals surface area contributed by atoms with E-state index in [4.69, 9.17) is 5.73 Å². The van der Waals surface area contributed by atoms with Crippen molar-refractivity contribution in [1.29, 1.82) is 0 Å². The fourth-order valence-corrected chi connectivity index (χ4v) is 1.66. The largest absolute Gasteiger partial charge is 0.389 e. The molecule has 0 fully saturated rings. The fourth-order valence-electron chi connectivity index (χ4n) is 1.53. The minimum absolute atomic E-state index is 0.00876. The van der Waals surface area contributed by atoms with Gasteiger partial charge in [-0.1, -0.05) is 12.2 Å². The van der Waals surface area contributed by atoms with Gasteiger partial charge in [0.2, 0.25) is 0 Å². The van der Waals surface area contributed by atoms with Crippen molar-refractivity contribution in [3.8, 4) is 0 Å². The Balaban J connectivity index is 2.35. The molecule has 0 aliphatic rings. The zero-order valence-corrected chi connectivity index (χ0v) is 10.7. The molecule has 0 aliphatic carbocycles. The average Bonchev–Trinajstić information content (AvgIpc) is 2.37. The highest BCUT2D eigenvalue weighted by Gasteiger charge is 2.12. The predicted molar refractivity (Wildman–Crippen MR) is 71.9 cm³/mol. The zero-order chi connectivity index (χ0) is 14.9. The smallest absolute Gasteiger partial charge is 0.161 e. The second-order valence-electron chi connectivity index (χ2n) is 3.93. The van der Waals surface area contributed by atoms with E-state index in [9.17, 15) is 17.6 Å². The van der Waals surface area contributed by atoms with Crippen molar-refractivity contribution in [3.05, 3.63) is 59.2 Å². The maximum Gasteiger partial charge on any atom is 0.161 e. The molecule has 0 aromatic heterocycles. The Morgan fingerprint density at radius 2 is 1.45 bits per heavy atom. The first-order valence-electron chi connectivity index (χ1n) is 5.39. The lowest BCUT2D eigenvalue weighted by molar-refractivity contribution is 0.496. The van der Waals surface area contributed by atoms with Crippen molar-refractivity contribution in [1.82, 2.24) is 0 Å². The number of hydrogen-bond acceptors (Lipinski definition) is 2. The van der Waals surface area contributed by atoms with Crippen molar-refractivity contribution in [2.45, 2.75) is 0 Å². The van der Waals surface area contributed by atoms with E-state index in [1.165, 1.54) is 12.1 Å². The lowest BCUT2D eigenvalue weighted by atomic mass is 10.2. The molecule has 0 aliphatic heterocycles. The molecule has 3 N–H and O–H groups in total. The van der Waals surface area contributed by atoms with E-state index in [1.54, 1.807) is 0 Å². The average molecular weight is 300 g/mol. The van der Waals surface area contributed by atoms with Crippen LogP contribution >= 0.6 is 12.2 Å². The van der Waals surface area contributed by atoms with Gasteiger partial charge in [-0.05, 0) is 18.2 Å². The summed E-state index contributed by atoms with van der Waals surface area (Å²) in [6.45, 7) is 0. The third-order valence-electron chi connectivity index (χ3n) is 2.53. The van der Waals surface area contributed by atoms with Crippen LogP contribution in [0.4, 0.5) is 28.9 Å². The van der Waals surface area contributed by atoms with Gasteiger partial charge in [0.05, 0.1) is 11.4 Å². The third kappa shape index (κ3) is 2.88. The molecule has 7 heteroatoms. The first-order chi connectivity index (χ1) is 9.38. The van der Waals surface area contributed by atoms with Gasteiger partial charge in [-0.3, -0.25) is 0 Å². The second-order valence-corrected chi connectivity index (χ2v) is 4.37. The molecule has 0 radical (unpaired) electrons. The molecule has 20 heavy (non-hydrogen) atoms. The zero-order valence-electron chi connectivity index (χ0n) is 9.88. The van der Waals surface area contributed by atoms with Crippen LogP contribution in [0.2, 0.25) is 0 Å². The minimum Gasteiger partial charge on any atom is -0.389 e. The summed E-state index contributed by atoms with van der Waals surface area (Å²) in [7, 11) is 0. The fraction of sp³-hybridized carbons (Fsp3) is 0. The summed E-state index contributed by atoms with van der Waals surface area (Å²) in [5.74, 6) is -4.35. The Kier molecular flexibility index (Phi) is 3.89. The third-order valence-corrected chi connectivity index (χ3v) is 2.77. The van der Waals surface area contributed by atoms with Crippen LogP contribution in [0.15, 0.2) is 30.3 Å². The van der Waals surface area contributed by atoms with E-state index >= 15 is 0 Å². The molecule has 0 amide bonds. The number of nitrogens with one attached hydrogen (secondary N) is 1. The highest BCUT2D eigenvalue weighted by Crippen LogP contribution is 2.25. The second kappa shape index (κ2) is 5.46. The van der Waals surface area contributed by atoms with Crippen molar-refractivity contribution < 1.29 is 17.6 Å². The SMILES string of the molecule is NC(=S)c1ccc(Nc2cc(F)c(F)cc2F)c(F)c1. The lowest BCUT2D eigenvalue weighted by Crippen LogP contribution is -2.10. The molecule has 2 aromatic carbocycles. The summed E-state index contributed by atoms with van der Waals surface area (Å²) >= 11 is 4.69. The normalized spacial score (nSPS) is 10.4. The van der Waals surface area contributed by atoms with Crippen LogP contribution in [0, 0.1) is 23.3 Å². The molecule has 2 rings (SSSR count). The van der Waals surface area contributed by atoms with Crippen molar-refractivity contribution in [3.63, 3.8) is 0 Å². The van der Waals surface area contributed by atoms with Gasteiger partial charge in [-0.25, -0.2) is 17.6 Å². The Bertz CT molecular complexity index is 688. The number of nitrogens with two attached hydrogens (primary N) is 1. The minimum atomic E-state index is -1.32. The molecule has 0 bridgehead atoms. The summed E-state index contributed by atoms with van der Waals surface area (Å²) < 4.78 is 53.0. The Morgan fingerprint density at radius 1 is 0.850 bits per heavy atom. The van der Waals surface area contributed by atoms with Crippen LogP contribution in [-0.4, -0.2) is 4.99 Å². The highest BCUT2D eigenvalue weighted by molar-refractivity contribution is 7.80. The maximum absolute atomic E-state index is 13.7. The van der Waals surface area contributed by atoms with Gasteiger partial charge < -0.3 is 11.1 Å². The molecule has 2 nitrogen and oxygen atoms in total. The quantitative estimate of drug-likeness (QED) is 0.516. The first-order valence-corrected chi connectivity index (χ1v) is 5.80. The summed E-state index contributed by atoms with van der Waals surface area (Å²) in [5.41, 5.74) is 5.14. The van der Waals surface area contributed by atoms with Gasteiger partial charge in [-0.15, -0.1) is 0 Å². The molecule has 0 saturated carbocycles. The molecular weight excluding hydrogens is 292 g/mol. The summed E-state index contributed by atoms with van der Waals surface area (Å²) in [5, 5.41) is 2.33. The molecule has 0 spiro atoms. The molecule has 0 heterocycles. The Morgan fingerprint density at radius 3 is 2.05 bits per heavy atom. The molecule has 0 saturated heterocycles. The number of benzene rings is 2. The lowest BCUT2D eigenvalue weighted by Gasteiger charge is -2.10. The number of thiocarbonyl (C=S) groups is 1. The van der Waals surface area contributed by atoms with Gasteiger partial charge in [0.1, 0.15) is 16.6 Å². The summed E-state index contributed by atoms with van der Waals surface area (Å²) in [6, 6.07) is 4.73. The van der Waals surface area contributed by atoms with Crippen LogP contribution < -0.4 is 11.1 Å². The number of halogens is 4. The van der Waals surface area contributed by atoms with Crippen LogP contribution in [0.5, 0.6) is 0 Å². The molecular formula is C13H8F4N2S. The molecule has 0 atom stereocenters. The van der Waals surface area contributed by atoms with Gasteiger partial charge >= 0.3 is 0 Å². The van der Waals surface area contributed by atoms with Crippen LogP contribution in [0.3, 0.4) is 0 Å². The van der Waals surface area contributed by atoms with Crippen molar-refractivity contribution in [2.75, 3.05) is 5.32 Å². The number of hydrogen-bond donors (Lipinski definition) is 2. The van der Waals surface area contributed by atoms with Gasteiger partial charge in [0.25, 0.3) is 0 Å². The van der Waals surface area contributed by atoms with E-state index in [0.29, 0.717) is 17.7 Å². The highest BCUT2D eigenvalue weighted by atomic mass is 32.1. The Hall–Kier alpha value is -2.15. The standard InChI is InChI=1S/C13H8F4N2S/c14-7-4-10(17)12(5-8(7)15)19-11-2-1-6(13(18)20)3-9(11)16/h1-5,19H,(H2,18,20). The van der Waals surface area contributed by atoms with Gasteiger partial charge in [0.15, 0.2) is 11.6 Å². The van der Waals surface area contributed by atoms with Crippen LogP contribution in [0.25, 0.3) is 0 Å². The maximum atomic E-state index is 13.7. The summed E-state index contributed by atoms with van der Waals surface area (Å²) in [6.07, 6.45) is 0. The van der Waals surface area contributed by atoms with Crippen molar-refractivity contribution >= 4 is 28.6 Å². The van der Waals surface area contributed by atoms with E-state index in [2.05, 4.69) is 17.5 Å². The number of rotatable bonds is 3. The topological polar surface area (TPSA) is 38.0 Å². The predicted octanol–water partition coefficient (Wildman–Crippen LogP) is 3.62. The number of anilines is 2. The monoisotopic (exact) mass is 300 g/mol. The van der Waals surface area contributed by atoms with Gasteiger partial charge in [-0.2, -0.15) is 0 Å². The van der Waals surface area contributed by atoms with E-state index in [-0.39, 0.29) is 16.4 Å². The molecule has 2 aromatic rings. The molecule has 0 unspecified atom stereocenters. The van der Waals surface area contributed by atoms with E-state index in [0.717, 1.165) is 6.07 Å². The summed E-state index contributed by atoms with van der Waals surface area (Å²) in [4.78, 5) is 0.00876. The van der Waals surface area contributed by atoms with Crippen molar-refractivity contribution in [2.24, 2.45) is 5.73 Å².